The predicted octanol–water partition coefficient (Wildman–Crippen LogP) is 5.14. The summed E-state index contributed by atoms with van der Waals surface area (Å²) >= 11 is 3.52. The number of amides is 1. The number of Topliss-reactive ketones (excluding diaryl/α,β-unsaturated/α-hetero) is 1. The van der Waals surface area contributed by atoms with Crippen molar-refractivity contribution in [3.8, 4) is 0 Å². The number of carbonyl (C=O) groups excluding carboxylic acids is 3. The maximum Gasteiger partial charge on any atom is 0.303 e. The van der Waals surface area contributed by atoms with Crippen LogP contribution in [0, 0.1) is 0 Å². The topological polar surface area (TPSA) is 97.8 Å². The second-order valence-electron chi connectivity index (χ2n) is 8.45. The minimum absolute atomic E-state index is 0.0792. The van der Waals surface area contributed by atoms with Gasteiger partial charge in [0.2, 0.25) is 9.84 Å². The lowest BCUT2D eigenvalue weighted by atomic mass is 9.86. The van der Waals surface area contributed by atoms with Crippen LogP contribution in [0.4, 0.5) is 0 Å². The third-order valence-corrected chi connectivity index (χ3v) is 7.86. The first-order chi connectivity index (χ1) is 17.6. The van der Waals surface area contributed by atoms with Crippen LogP contribution in [-0.4, -0.2) is 36.9 Å². The maximum atomic E-state index is 13.8. The summed E-state index contributed by atoms with van der Waals surface area (Å²) < 4.78 is 30.4. The largest absolute Gasteiger partial charge is 0.449 e. The van der Waals surface area contributed by atoms with Gasteiger partial charge < -0.3 is 4.74 Å². The van der Waals surface area contributed by atoms with E-state index in [1.807, 2.05) is 48.5 Å². The van der Waals surface area contributed by atoms with Crippen molar-refractivity contribution in [1.82, 2.24) is 4.90 Å². The Bertz CT molecular complexity index is 1510. The van der Waals surface area contributed by atoms with Crippen LogP contribution in [0.3, 0.4) is 0 Å². The van der Waals surface area contributed by atoms with E-state index in [4.69, 9.17) is 0 Å². The molecule has 1 aliphatic heterocycles. The fraction of sp³-hybridized carbons (Fsp3) is 0.179. The van der Waals surface area contributed by atoms with Crippen molar-refractivity contribution in [2.45, 2.75) is 31.7 Å². The minimum atomic E-state index is -3.88. The van der Waals surface area contributed by atoms with Gasteiger partial charge in [-0.2, -0.15) is 0 Å². The number of nitrogens with zero attached hydrogens (tertiary/aromatic N) is 1. The zero-order valence-electron chi connectivity index (χ0n) is 20.2. The van der Waals surface area contributed by atoms with E-state index in [1.54, 1.807) is 6.92 Å². The molecular weight excluding hydrogens is 558 g/mol. The van der Waals surface area contributed by atoms with Crippen LogP contribution >= 0.6 is 15.9 Å². The molecule has 0 atom stereocenters. The summed E-state index contributed by atoms with van der Waals surface area (Å²) in [4.78, 5) is 39.5. The first-order valence-electron chi connectivity index (χ1n) is 11.5. The van der Waals surface area contributed by atoms with Gasteiger partial charge in [0.05, 0.1) is 17.1 Å². The van der Waals surface area contributed by atoms with Gasteiger partial charge in [0.25, 0.3) is 5.91 Å². The van der Waals surface area contributed by atoms with Gasteiger partial charge in [0, 0.05) is 29.0 Å². The quantitative estimate of drug-likeness (QED) is 0.358. The minimum Gasteiger partial charge on any atom is -0.449 e. The highest BCUT2D eigenvalue weighted by Crippen LogP contribution is 2.39. The van der Waals surface area contributed by atoms with E-state index < -0.39 is 27.7 Å². The predicted molar refractivity (Wildman–Crippen MR) is 142 cm³/mol. The highest BCUT2D eigenvalue weighted by atomic mass is 79.9. The highest BCUT2D eigenvalue weighted by molar-refractivity contribution is 9.10. The van der Waals surface area contributed by atoms with Gasteiger partial charge >= 0.3 is 5.97 Å². The van der Waals surface area contributed by atoms with E-state index in [9.17, 15) is 22.8 Å². The molecular formula is C28H24BrNO6S. The lowest BCUT2D eigenvalue weighted by Crippen LogP contribution is -2.37. The van der Waals surface area contributed by atoms with Gasteiger partial charge in [-0.05, 0) is 53.1 Å². The van der Waals surface area contributed by atoms with Gasteiger partial charge in [0.15, 0.2) is 11.7 Å². The van der Waals surface area contributed by atoms with Crippen molar-refractivity contribution in [1.29, 1.82) is 0 Å². The molecule has 0 bridgehead atoms. The molecule has 0 N–H and O–H groups in total. The maximum absolute atomic E-state index is 13.8. The molecule has 190 valence electrons. The number of sulfone groups is 1. The number of ketones is 1. The monoisotopic (exact) mass is 581 g/mol. The molecule has 0 unspecified atom stereocenters. The lowest BCUT2D eigenvalue weighted by Gasteiger charge is -2.33. The fourth-order valence-corrected chi connectivity index (χ4v) is 5.52. The summed E-state index contributed by atoms with van der Waals surface area (Å²) in [5, 5.41) is 0. The van der Waals surface area contributed by atoms with Gasteiger partial charge in [-0.25, -0.2) is 8.42 Å². The molecule has 3 aromatic rings. The Kier molecular flexibility index (Phi) is 7.75. The Hall–Kier alpha value is -3.56. The average molecular weight is 582 g/mol. The Morgan fingerprint density at radius 2 is 1.65 bits per heavy atom. The summed E-state index contributed by atoms with van der Waals surface area (Å²) in [6.45, 7) is 3.06. The molecule has 37 heavy (non-hydrogen) atoms. The van der Waals surface area contributed by atoms with Crippen LogP contribution in [0.25, 0.3) is 5.57 Å². The molecule has 0 aromatic heterocycles. The molecule has 0 spiro atoms. The number of ether oxygens (including phenoxy) is 1. The molecule has 0 aliphatic carbocycles. The van der Waals surface area contributed by atoms with Crippen LogP contribution in [0.2, 0.25) is 0 Å². The van der Waals surface area contributed by atoms with Crippen molar-refractivity contribution in [3.05, 3.63) is 105 Å². The number of benzene rings is 3. The van der Waals surface area contributed by atoms with Crippen LogP contribution in [0.1, 0.15) is 47.3 Å². The van der Waals surface area contributed by atoms with E-state index in [0.29, 0.717) is 11.3 Å². The van der Waals surface area contributed by atoms with E-state index in [2.05, 4.69) is 20.7 Å². The van der Waals surface area contributed by atoms with E-state index in [1.165, 1.54) is 29.2 Å². The molecule has 0 saturated carbocycles. The van der Waals surface area contributed by atoms with Crippen LogP contribution in [-0.2, 0) is 30.7 Å². The Morgan fingerprint density at radius 3 is 2.27 bits per heavy atom. The number of carbonyl (C=O) groups is 3. The van der Waals surface area contributed by atoms with Crippen molar-refractivity contribution in [2.24, 2.45) is 0 Å². The first kappa shape index (κ1) is 26.5. The number of esters is 1. The third kappa shape index (κ3) is 5.57. The van der Waals surface area contributed by atoms with Gasteiger partial charge in [-0.3, -0.25) is 19.3 Å². The number of fused-ring (bicyclic) bond motifs is 1. The molecule has 3 aromatic carbocycles. The zero-order chi connectivity index (χ0) is 26.7. The van der Waals surface area contributed by atoms with Crippen molar-refractivity contribution in [3.63, 3.8) is 0 Å². The Morgan fingerprint density at radius 1 is 0.973 bits per heavy atom. The molecule has 1 heterocycles. The van der Waals surface area contributed by atoms with Crippen molar-refractivity contribution in [2.75, 3.05) is 5.94 Å². The van der Waals surface area contributed by atoms with Gasteiger partial charge in [-0.1, -0.05) is 59.3 Å². The van der Waals surface area contributed by atoms with Crippen LogP contribution in [0.15, 0.2) is 87.9 Å². The number of rotatable bonds is 7. The van der Waals surface area contributed by atoms with E-state index in [-0.39, 0.29) is 29.2 Å². The number of hydrogen-bond acceptors (Lipinski definition) is 6. The van der Waals surface area contributed by atoms with Crippen molar-refractivity contribution >= 4 is 49.0 Å². The van der Waals surface area contributed by atoms with Gasteiger partial charge in [-0.15, -0.1) is 0 Å². The van der Waals surface area contributed by atoms with Crippen LogP contribution in [0.5, 0.6) is 0 Å². The molecule has 9 heteroatoms. The second-order valence-corrected chi connectivity index (χ2v) is 11.3. The van der Waals surface area contributed by atoms with E-state index in [0.717, 1.165) is 28.1 Å². The Labute approximate surface area is 223 Å². The average Bonchev–Trinajstić information content (AvgIpc) is 2.90. The summed E-state index contributed by atoms with van der Waals surface area (Å²) in [5.74, 6) is -2.10. The SMILES string of the molecule is CCC(=O)C1=C(c2ccccc2)c2cc(Br)ccc2CN1C(=O)c1ccc(S(=O)(=O)COC(C)=O)cc1. The second kappa shape index (κ2) is 10.8. The molecule has 7 nitrogen and oxygen atoms in total. The summed E-state index contributed by atoms with van der Waals surface area (Å²) in [6.07, 6.45) is 0.201. The fourth-order valence-electron chi connectivity index (χ4n) is 4.15. The summed E-state index contributed by atoms with van der Waals surface area (Å²) in [5.41, 5.74) is 3.75. The normalized spacial score (nSPS) is 13.2. The summed E-state index contributed by atoms with van der Waals surface area (Å²) in [7, 11) is -3.88. The molecule has 1 aliphatic rings. The highest BCUT2D eigenvalue weighted by Gasteiger charge is 2.33. The summed E-state index contributed by atoms with van der Waals surface area (Å²) in [6, 6.07) is 20.6. The number of halogens is 1. The van der Waals surface area contributed by atoms with Gasteiger partial charge in [0.1, 0.15) is 0 Å². The molecule has 0 fully saturated rings. The zero-order valence-corrected chi connectivity index (χ0v) is 22.6. The number of allylic oxidation sites excluding steroid dienone is 1. The molecule has 4 rings (SSSR count). The smallest absolute Gasteiger partial charge is 0.303 e. The molecule has 1 amide bonds. The first-order valence-corrected chi connectivity index (χ1v) is 14.0. The molecule has 0 radical (unpaired) electrons. The van der Waals surface area contributed by atoms with Crippen LogP contribution < -0.4 is 0 Å². The Balaban J connectivity index is 1.80. The van der Waals surface area contributed by atoms with Crippen molar-refractivity contribution < 1.29 is 27.5 Å². The third-order valence-electron chi connectivity index (χ3n) is 5.95. The number of hydrogen-bond donors (Lipinski definition) is 0. The standard InChI is InChI=1S/C28H24BrNO6S/c1-3-25(32)27-26(19-7-5-4-6-8-19)24-15-22(29)12-9-21(24)16-30(27)28(33)20-10-13-23(14-11-20)37(34,35)17-36-18(2)31/h4-15H,3,16-17H2,1-2H3. The van der Waals surface area contributed by atoms with E-state index >= 15 is 0 Å². The molecule has 0 saturated heterocycles. The lowest BCUT2D eigenvalue weighted by molar-refractivity contribution is -0.138.